The lowest BCUT2D eigenvalue weighted by atomic mass is 10.1. The van der Waals surface area contributed by atoms with Crippen molar-refractivity contribution in [3.63, 3.8) is 0 Å². The second kappa shape index (κ2) is 9.78. The average Bonchev–Trinajstić information content (AvgIpc) is 3.09. The van der Waals surface area contributed by atoms with E-state index in [2.05, 4.69) is 16.4 Å². The molecule has 0 N–H and O–H groups in total. The molecule has 3 aromatic rings. The van der Waals surface area contributed by atoms with Crippen molar-refractivity contribution in [2.45, 2.75) is 26.3 Å². The number of carbonyl (C=O) groups is 1. The first kappa shape index (κ1) is 22.4. The highest BCUT2D eigenvalue weighted by Crippen LogP contribution is 2.30. The van der Waals surface area contributed by atoms with Crippen molar-refractivity contribution in [3.8, 4) is 0 Å². The number of carbonyl (C=O) groups excluding carboxylic acids is 1. The van der Waals surface area contributed by atoms with E-state index in [0.29, 0.717) is 34.5 Å². The predicted octanol–water partition coefficient (Wildman–Crippen LogP) is 5.14. The summed E-state index contributed by atoms with van der Waals surface area (Å²) >= 11 is 18.9. The highest BCUT2D eigenvalue weighted by molar-refractivity contribution is 6.42. The molecule has 1 fully saturated rings. The minimum Gasteiger partial charge on any atom is -0.340 e. The number of hydrogen-bond acceptors (Lipinski definition) is 3. The van der Waals surface area contributed by atoms with Crippen LogP contribution in [-0.2, 0) is 17.8 Å². The number of amides is 1. The number of benzene rings is 2. The van der Waals surface area contributed by atoms with Gasteiger partial charge in [0.25, 0.3) is 0 Å². The van der Waals surface area contributed by atoms with E-state index < -0.39 is 0 Å². The SMILES string of the molecule is CCN1CCN(C(=O)CCn2c(Cc3ccccc3Cl)nc3cc(Cl)c(Cl)cc32)CC1. The first-order chi connectivity index (χ1) is 15.0. The number of fused-ring (bicyclic) bond motifs is 1. The van der Waals surface area contributed by atoms with E-state index in [9.17, 15) is 4.79 Å². The Morgan fingerprint density at radius 1 is 1.00 bits per heavy atom. The van der Waals surface area contributed by atoms with Gasteiger partial charge in [0.2, 0.25) is 5.91 Å². The van der Waals surface area contributed by atoms with Gasteiger partial charge in [-0.25, -0.2) is 4.98 Å². The van der Waals surface area contributed by atoms with E-state index in [1.54, 1.807) is 6.07 Å². The smallest absolute Gasteiger partial charge is 0.224 e. The molecule has 4 rings (SSSR count). The molecule has 0 aliphatic carbocycles. The molecule has 0 spiro atoms. The molecule has 1 aliphatic heterocycles. The Hall–Kier alpha value is -1.79. The van der Waals surface area contributed by atoms with Crippen LogP contribution in [0.5, 0.6) is 0 Å². The molecule has 1 aliphatic rings. The first-order valence-electron chi connectivity index (χ1n) is 10.5. The highest BCUT2D eigenvalue weighted by atomic mass is 35.5. The number of aromatic nitrogens is 2. The summed E-state index contributed by atoms with van der Waals surface area (Å²) in [6.07, 6.45) is 0.973. The molecule has 5 nitrogen and oxygen atoms in total. The number of imidazole rings is 1. The summed E-state index contributed by atoms with van der Waals surface area (Å²) in [6, 6.07) is 11.3. The third-order valence-electron chi connectivity index (χ3n) is 5.90. The molecule has 164 valence electrons. The van der Waals surface area contributed by atoms with E-state index in [4.69, 9.17) is 39.8 Å². The number of nitrogens with zero attached hydrogens (tertiary/aromatic N) is 4. The van der Waals surface area contributed by atoms with Gasteiger partial charge in [-0.2, -0.15) is 0 Å². The zero-order valence-electron chi connectivity index (χ0n) is 17.5. The van der Waals surface area contributed by atoms with Crippen molar-refractivity contribution in [1.82, 2.24) is 19.4 Å². The third-order valence-corrected chi connectivity index (χ3v) is 6.99. The van der Waals surface area contributed by atoms with Gasteiger partial charge in [-0.15, -0.1) is 0 Å². The van der Waals surface area contributed by atoms with Crippen LogP contribution in [0.25, 0.3) is 11.0 Å². The normalized spacial score (nSPS) is 15.0. The Kier molecular flexibility index (Phi) is 7.07. The summed E-state index contributed by atoms with van der Waals surface area (Å²) in [5.41, 5.74) is 2.63. The van der Waals surface area contributed by atoms with E-state index in [1.807, 2.05) is 35.2 Å². The maximum Gasteiger partial charge on any atom is 0.224 e. The number of hydrogen-bond donors (Lipinski definition) is 0. The maximum atomic E-state index is 12.9. The quantitative estimate of drug-likeness (QED) is 0.491. The van der Waals surface area contributed by atoms with Crippen LogP contribution in [0.3, 0.4) is 0 Å². The summed E-state index contributed by atoms with van der Waals surface area (Å²) < 4.78 is 2.07. The van der Waals surface area contributed by atoms with Gasteiger partial charge >= 0.3 is 0 Å². The zero-order valence-corrected chi connectivity index (χ0v) is 19.7. The summed E-state index contributed by atoms with van der Waals surface area (Å²) in [6.45, 7) is 7.14. The molecule has 0 saturated carbocycles. The van der Waals surface area contributed by atoms with E-state index >= 15 is 0 Å². The minimum absolute atomic E-state index is 0.168. The van der Waals surface area contributed by atoms with Gasteiger partial charge in [0.05, 0.1) is 21.1 Å². The van der Waals surface area contributed by atoms with Crippen molar-refractivity contribution >= 4 is 51.7 Å². The summed E-state index contributed by atoms with van der Waals surface area (Å²) in [4.78, 5) is 22.0. The van der Waals surface area contributed by atoms with Crippen molar-refractivity contribution in [2.24, 2.45) is 0 Å². The molecular weight excluding hydrogens is 455 g/mol. The molecule has 8 heteroatoms. The molecule has 1 amide bonds. The summed E-state index contributed by atoms with van der Waals surface area (Å²) in [5, 5.41) is 1.64. The minimum atomic E-state index is 0.168. The fraction of sp³-hybridized carbons (Fsp3) is 0.391. The standard InChI is InChI=1S/C23H25Cl3N4O/c1-2-28-9-11-29(12-10-28)23(31)7-8-30-21-15-19(26)18(25)14-20(21)27-22(30)13-16-5-3-4-6-17(16)24/h3-6,14-15H,2,7-13H2,1H3. The van der Waals surface area contributed by atoms with Gasteiger partial charge in [0.15, 0.2) is 0 Å². The molecule has 0 radical (unpaired) electrons. The van der Waals surface area contributed by atoms with Gasteiger partial charge in [-0.1, -0.05) is 59.9 Å². The van der Waals surface area contributed by atoms with Crippen molar-refractivity contribution in [1.29, 1.82) is 0 Å². The van der Waals surface area contributed by atoms with Crippen molar-refractivity contribution in [3.05, 3.63) is 62.9 Å². The van der Waals surface area contributed by atoms with Crippen molar-refractivity contribution < 1.29 is 4.79 Å². The molecule has 2 heterocycles. The molecule has 0 bridgehead atoms. The third kappa shape index (κ3) is 5.01. The monoisotopic (exact) mass is 478 g/mol. The van der Waals surface area contributed by atoms with E-state index in [0.717, 1.165) is 55.1 Å². The fourth-order valence-electron chi connectivity index (χ4n) is 4.05. The Morgan fingerprint density at radius 2 is 1.71 bits per heavy atom. The Balaban J connectivity index is 1.58. The maximum absolute atomic E-state index is 12.9. The molecule has 0 atom stereocenters. The lowest BCUT2D eigenvalue weighted by Crippen LogP contribution is -2.48. The predicted molar refractivity (Wildman–Crippen MR) is 127 cm³/mol. The van der Waals surface area contributed by atoms with Crippen LogP contribution in [0.1, 0.15) is 24.7 Å². The largest absolute Gasteiger partial charge is 0.340 e. The number of halogens is 3. The van der Waals surface area contributed by atoms with Crippen LogP contribution in [0.4, 0.5) is 0 Å². The number of aryl methyl sites for hydroxylation is 1. The molecule has 2 aromatic carbocycles. The van der Waals surface area contributed by atoms with Crippen LogP contribution in [-0.4, -0.2) is 58.0 Å². The number of likely N-dealkylation sites (N-methyl/N-ethyl adjacent to an activating group) is 1. The average molecular weight is 480 g/mol. The zero-order chi connectivity index (χ0) is 22.0. The van der Waals surface area contributed by atoms with Gasteiger partial charge in [0, 0.05) is 50.6 Å². The van der Waals surface area contributed by atoms with Gasteiger partial charge in [-0.3, -0.25) is 4.79 Å². The molecule has 1 aromatic heterocycles. The van der Waals surface area contributed by atoms with Crippen LogP contribution in [0, 0.1) is 0 Å². The Labute approximate surface area is 197 Å². The fourth-order valence-corrected chi connectivity index (χ4v) is 4.56. The number of piperazine rings is 1. The number of rotatable bonds is 6. The summed E-state index contributed by atoms with van der Waals surface area (Å²) in [7, 11) is 0. The molecule has 0 unspecified atom stereocenters. The second-order valence-corrected chi connectivity index (χ2v) is 8.99. The summed E-state index contributed by atoms with van der Waals surface area (Å²) in [5.74, 6) is 1.01. The lowest BCUT2D eigenvalue weighted by Gasteiger charge is -2.34. The Morgan fingerprint density at radius 3 is 2.42 bits per heavy atom. The lowest BCUT2D eigenvalue weighted by molar-refractivity contribution is -0.133. The van der Waals surface area contributed by atoms with Gasteiger partial charge in [0.1, 0.15) is 5.82 Å². The van der Waals surface area contributed by atoms with Crippen LogP contribution >= 0.6 is 34.8 Å². The molecule has 1 saturated heterocycles. The highest BCUT2D eigenvalue weighted by Gasteiger charge is 2.21. The first-order valence-corrected chi connectivity index (χ1v) is 11.7. The molecule has 31 heavy (non-hydrogen) atoms. The van der Waals surface area contributed by atoms with Crippen LogP contribution < -0.4 is 0 Å². The van der Waals surface area contributed by atoms with Crippen LogP contribution in [0.15, 0.2) is 36.4 Å². The van der Waals surface area contributed by atoms with E-state index in [1.165, 1.54) is 0 Å². The second-order valence-electron chi connectivity index (χ2n) is 7.77. The Bertz CT molecular complexity index is 1090. The van der Waals surface area contributed by atoms with E-state index in [-0.39, 0.29) is 5.91 Å². The van der Waals surface area contributed by atoms with Gasteiger partial charge < -0.3 is 14.4 Å². The van der Waals surface area contributed by atoms with Crippen LogP contribution in [0.2, 0.25) is 15.1 Å². The topological polar surface area (TPSA) is 41.4 Å². The van der Waals surface area contributed by atoms with Crippen molar-refractivity contribution in [2.75, 3.05) is 32.7 Å². The van der Waals surface area contributed by atoms with Gasteiger partial charge in [-0.05, 0) is 30.3 Å². The molecular formula is C23H25Cl3N4O.